The molecular formula is C18H22N6O2S2. The Morgan fingerprint density at radius 2 is 2.32 bits per heavy atom. The van der Waals surface area contributed by atoms with Crippen LogP contribution in [0.5, 0.6) is 0 Å². The van der Waals surface area contributed by atoms with Crippen LogP contribution in [0, 0.1) is 12.8 Å². The smallest absolute Gasteiger partial charge is 0.315 e. The third-order valence-corrected chi connectivity index (χ3v) is 7.18. The number of hydrogen-bond donors (Lipinski definition) is 1. The summed E-state index contributed by atoms with van der Waals surface area (Å²) in [6.45, 7) is 3.96. The number of thioether (sulfide) groups is 1. The normalized spacial score (nSPS) is 16.2. The van der Waals surface area contributed by atoms with Crippen LogP contribution in [-0.4, -0.2) is 36.6 Å². The van der Waals surface area contributed by atoms with Crippen LogP contribution >= 0.6 is 23.1 Å². The van der Waals surface area contributed by atoms with Crippen molar-refractivity contribution in [3.63, 3.8) is 0 Å². The molecule has 0 bridgehead atoms. The van der Waals surface area contributed by atoms with E-state index in [-0.39, 0.29) is 17.7 Å². The van der Waals surface area contributed by atoms with E-state index in [1.165, 1.54) is 35.0 Å². The average Bonchev–Trinajstić information content (AvgIpc) is 3.37. The zero-order valence-corrected chi connectivity index (χ0v) is 17.7. The van der Waals surface area contributed by atoms with Crippen molar-refractivity contribution in [3.05, 3.63) is 22.3 Å². The fourth-order valence-corrected chi connectivity index (χ4v) is 5.29. The molecule has 3 aromatic rings. The summed E-state index contributed by atoms with van der Waals surface area (Å²) in [4.78, 5) is 18.6. The van der Waals surface area contributed by atoms with E-state index in [9.17, 15) is 4.79 Å². The fraction of sp³-hybridized carbons (Fsp3) is 0.500. The zero-order valence-electron chi connectivity index (χ0n) is 16.1. The van der Waals surface area contributed by atoms with Crippen LogP contribution in [0.3, 0.4) is 0 Å². The molecule has 8 nitrogen and oxygen atoms in total. The molecule has 1 atom stereocenters. The molecule has 0 saturated carbocycles. The van der Waals surface area contributed by atoms with Crippen LogP contribution in [0.1, 0.15) is 36.0 Å². The Balaban J connectivity index is 1.42. The van der Waals surface area contributed by atoms with Crippen molar-refractivity contribution in [1.82, 2.24) is 24.9 Å². The lowest BCUT2D eigenvalue weighted by atomic mass is 9.87. The van der Waals surface area contributed by atoms with Crippen molar-refractivity contribution in [3.8, 4) is 10.7 Å². The Morgan fingerprint density at radius 1 is 1.46 bits per heavy atom. The lowest BCUT2D eigenvalue weighted by Crippen LogP contribution is -2.14. The maximum Gasteiger partial charge on any atom is 0.328 e. The van der Waals surface area contributed by atoms with Gasteiger partial charge in [0.25, 0.3) is 0 Å². The molecule has 3 aromatic heterocycles. The van der Waals surface area contributed by atoms with Crippen LogP contribution in [0.4, 0.5) is 6.01 Å². The van der Waals surface area contributed by atoms with E-state index in [4.69, 9.17) is 4.52 Å². The van der Waals surface area contributed by atoms with Gasteiger partial charge in [-0.3, -0.25) is 10.1 Å². The second kappa shape index (κ2) is 8.04. The van der Waals surface area contributed by atoms with E-state index in [1.54, 1.807) is 6.92 Å². The van der Waals surface area contributed by atoms with E-state index in [1.807, 2.05) is 23.0 Å². The second-order valence-electron chi connectivity index (χ2n) is 6.92. The van der Waals surface area contributed by atoms with Gasteiger partial charge >= 0.3 is 6.01 Å². The first kappa shape index (κ1) is 19.1. The molecule has 28 heavy (non-hydrogen) atoms. The van der Waals surface area contributed by atoms with Gasteiger partial charge in [0.1, 0.15) is 0 Å². The molecule has 0 fully saturated rings. The van der Waals surface area contributed by atoms with Crippen LogP contribution < -0.4 is 5.32 Å². The second-order valence-corrected chi connectivity index (χ2v) is 9.00. The molecular weight excluding hydrogens is 396 g/mol. The molecule has 3 heterocycles. The number of aromatic nitrogens is 5. The van der Waals surface area contributed by atoms with Gasteiger partial charge in [-0.2, -0.15) is 4.98 Å². The predicted molar refractivity (Wildman–Crippen MR) is 109 cm³/mol. The Bertz CT molecular complexity index is 992. The highest BCUT2D eigenvalue weighted by atomic mass is 32.2. The highest BCUT2D eigenvalue weighted by Crippen LogP contribution is 2.38. The number of aryl methyl sites for hydroxylation is 2. The number of fused-ring (bicyclic) bond motifs is 1. The minimum atomic E-state index is -0.226. The number of carbonyl (C=O) groups excluding carboxylic acids is 1. The van der Waals surface area contributed by atoms with E-state index in [0.29, 0.717) is 11.0 Å². The van der Waals surface area contributed by atoms with Gasteiger partial charge in [0.05, 0.1) is 10.6 Å². The Kier molecular flexibility index (Phi) is 5.49. The van der Waals surface area contributed by atoms with E-state index in [0.717, 1.165) is 29.5 Å². The molecule has 0 spiro atoms. The van der Waals surface area contributed by atoms with Crippen LogP contribution in [0.15, 0.2) is 15.7 Å². The van der Waals surface area contributed by atoms with Gasteiger partial charge in [0.2, 0.25) is 5.91 Å². The molecule has 0 saturated heterocycles. The van der Waals surface area contributed by atoms with Gasteiger partial charge in [0.15, 0.2) is 16.8 Å². The summed E-state index contributed by atoms with van der Waals surface area (Å²) in [5.41, 5.74) is 1.46. The summed E-state index contributed by atoms with van der Waals surface area (Å²) in [6.07, 6.45) is 4.84. The highest BCUT2D eigenvalue weighted by Gasteiger charge is 2.22. The van der Waals surface area contributed by atoms with E-state index >= 15 is 0 Å². The first-order chi connectivity index (χ1) is 13.5. The maximum absolute atomic E-state index is 12.1. The summed E-state index contributed by atoms with van der Waals surface area (Å²) in [6, 6.07) is 2.38. The molecule has 148 valence electrons. The molecule has 1 N–H and O–H groups in total. The van der Waals surface area contributed by atoms with Crippen molar-refractivity contribution < 1.29 is 9.32 Å². The van der Waals surface area contributed by atoms with E-state index < -0.39 is 0 Å². The lowest BCUT2D eigenvalue weighted by molar-refractivity contribution is -0.114. The SMILES string of the molecule is CCC1CCc2sc(-c3nnc(SCC(=O)Nc4nc(C)no4)n3C)cc2C1. The minimum Gasteiger partial charge on any atom is -0.315 e. The number of anilines is 1. The monoisotopic (exact) mass is 418 g/mol. The zero-order chi connectivity index (χ0) is 19.7. The number of rotatable bonds is 6. The molecule has 1 unspecified atom stereocenters. The molecule has 10 heteroatoms. The number of carbonyl (C=O) groups is 1. The Hall–Kier alpha value is -2.20. The third-order valence-electron chi connectivity index (χ3n) is 4.92. The summed E-state index contributed by atoms with van der Waals surface area (Å²) in [7, 11) is 1.94. The highest BCUT2D eigenvalue weighted by molar-refractivity contribution is 7.99. The first-order valence-corrected chi connectivity index (χ1v) is 11.1. The Morgan fingerprint density at radius 3 is 3.07 bits per heavy atom. The molecule has 0 aliphatic heterocycles. The Labute approximate surface area is 171 Å². The van der Waals surface area contributed by atoms with E-state index in [2.05, 4.69) is 38.6 Å². The predicted octanol–water partition coefficient (Wildman–Crippen LogP) is 3.48. The summed E-state index contributed by atoms with van der Waals surface area (Å²) in [5, 5.41) is 15.5. The van der Waals surface area contributed by atoms with Gasteiger partial charge in [-0.1, -0.05) is 30.3 Å². The lowest BCUT2D eigenvalue weighted by Gasteiger charge is -2.19. The number of amides is 1. The maximum atomic E-state index is 12.1. The number of nitrogens with one attached hydrogen (secondary N) is 1. The summed E-state index contributed by atoms with van der Waals surface area (Å²) >= 11 is 3.15. The number of thiophene rings is 1. The van der Waals surface area contributed by atoms with Gasteiger partial charge in [-0.05, 0) is 43.7 Å². The number of nitrogens with zero attached hydrogens (tertiary/aromatic N) is 5. The van der Waals surface area contributed by atoms with Crippen LogP contribution in [0.2, 0.25) is 0 Å². The standard InChI is InChI=1S/C18H22N6O2S2/c1-4-11-5-6-13-12(7-11)8-14(28-13)16-21-22-18(24(16)3)27-9-15(25)20-17-19-10(2)23-26-17/h8,11H,4-7,9H2,1-3H3,(H,19,20,23,25). The van der Waals surface area contributed by atoms with Crippen molar-refractivity contribution in [2.24, 2.45) is 13.0 Å². The van der Waals surface area contributed by atoms with Gasteiger partial charge in [0, 0.05) is 11.9 Å². The fourth-order valence-electron chi connectivity index (χ4n) is 3.35. The molecule has 0 aromatic carbocycles. The average molecular weight is 419 g/mol. The van der Waals surface area contributed by atoms with Crippen molar-refractivity contribution in [2.45, 2.75) is 44.7 Å². The topological polar surface area (TPSA) is 98.7 Å². The number of hydrogen-bond acceptors (Lipinski definition) is 8. The first-order valence-electron chi connectivity index (χ1n) is 9.27. The van der Waals surface area contributed by atoms with Gasteiger partial charge in [-0.25, -0.2) is 0 Å². The van der Waals surface area contributed by atoms with Crippen molar-refractivity contribution in [2.75, 3.05) is 11.1 Å². The minimum absolute atomic E-state index is 0.108. The summed E-state index contributed by atoms with van der Waals surface area (Å²) in [5.74, 6) is 2.08. The molecule has 1 aliphatic carbocycles. The molecule has 1 aliphatic rings. The van der Waals surface area contributed by atoms with Crippen LogP contribution in [-0.2, 0) is 24.7 Å². The quantitative estimate of drug-likeness (QED) is 0.612. The van der Waals surface area contributed by atoms with Crippen LogP contribution in [0.25, 0.3) is 10.7 Å². The van der Waals surface area contributed by atoms with Crippen molar-refractivity contribution >= 4 is 35.0 Å². The summed E-state index contributed by atoms with van der Waals surface area (Å²) < 4.78 is 6.84. The van der Waals surface area contributed by atoms with Crippen molar-refractivity contribution in [1.29, 1.82) is 0 Å². The molecule has 1 amide bonds. The third kappa shape index (κ3) is 3.97. The molecule has 0 radical (unpaired) electrons. The van der Waals surface area contributed by atoms with Gasteiger partial charge < -0.3 is 9.09 Å². The largest absolute Gasteiger partial charge is 0.328 e. The van der Waals surface area contributed by atoms with Gasteiger partial charge in [-0.15, -0.1) is 21.5 Å². The molecule has 4 rings (SSSR count).